The van der Waals surface area contributed by atoms with Gasteiger partial charge in [-0.15, -0.1) is 0 Å². The molecule has 1 aromatic rings. The van der Waals surface area contributed by atoms with E-state index in [9.17, 15) is 0 Å². The normalized spacial score (nSPS) is 21.5. The first-order chi connectivity index (χ1) is 7.81. The van der Waals surface area contributed by atoms with E-state index in [1.54, 1.807) is 7.11 Å². The third kappa shape index (κ3) is 2.69. The van der Waals surface area contributed by atoms with Gasteiger partial charge in [0.1, 0.15) is 11.8 Å². The molecule has 88 valence electrons. The second kappa shape index (κ2) is 5.55. The zero-order chi connectivity index (χ0) is 11.4. The van der Waals surface area contributed by atoms with Crippen LogP contribution in [0.2, 0.25) is 5.02 Å². The maximum Gasteiger partial charge on any atom is 0.129 e. The number of quaternary nitrogens is 1. The standard InChI is InChI=1S/C13H18ClNO/c1-16-13-9-10(14)6-7-11(13)12-5-3-2-4-8-15-12/h6-7,9,12,15H,2-5,8H2,1H3/p+1/t12-/m1/s1. The van der Waals surface area contributed by atoms with Gasteiger partial charge in [-0.2, -0.15) is 0 Å². The minimum absolute atomic E-state index is 0.537. The van der Waals surface area contributed by atoms with Gasteiger partial charge in [-0.3, -0.25) is 0 Å². The summed E-state index contributed by atoms with van der Waals surface area (Å²) in [6.45, 7) is 1.22. The molecule has 0 aromatic heterocycles. The molecule has 1 aromatic carbocycles. The van der Waals surface area contributed by atoms with Crippen molar-refractivity contribution < 1.29 is 10.1 Å². The monoisotopic (exact) mass is 240 g/mol. The van der Waals surface area contributed by atoms with Crippen molar-refractivity contribution in [1.29, 1.82) is 0 Å². The second-order valence-electron chi connectivity index (χ2n) is 4.37. The Morgan fingerprint density at radius 2 is 2.19 bits per heavy atom. The van der Waals surface area contributed by atoms with E-state index >= 15 is 0 Å². The zero-order valence-corrected chi connectivity index (χ0v) is 10.5. The van der Waals surface area contributed by atoms with Gasteiger partial charge in [0.2, 0.25) is 0 Å². The molecule has 0 spiro atoms. The number of methoxy groups -OCH3 is 1. The molecular weight excluding hydrogens is 222 g/mol. The molecular formula is C13H19ClNO+. The van der Waals surface area contributed by atoms with Crippen LogP contribution in [0.15, 0.2) is 18.2 Å². The lowest BCUT2D eigenvalue weighted by Crippen LogP contribution is -2.84. The number of halogens is 1. The molecule has 2 N–H and O–H groups in total. The molecule has 2 nitrogen and oxygen atoms in total. The average molecular weight is 241 g/mol. The summed E-state index contributed by atoms with van der Waals surface area (Å²) in [4.78, 5) is 0. The van der Waals surface area contributed by atoms with Crippen LogP contribution in [0.25, 0.3) is 0 Å². The fourth-order valence-electron chi connectivity index (χ4n) is 2.40. The van der Waals surface area contributed by atoms with Gasteiger partial charge >= 0.3 is 0 Å². The number of rotatable bonds is 2. The topological polar surface area (TPSA) is 25.8 Å². The Kier molecular flexibility index (Phi) is 4.08. The molecule has 1 fully saturated rings. The van der Waals surface area contributed by atoms with Crippen molar-refractivity contribution >= 4 is 11.6 Å². The highest BCUT2D eigenvalue weighted by Crippen LogP contribution is 2.29. The Morgan fingerprint density at radius 3 is 3.00 bits per heavy atom. The molecule has 0 saturated carbocycles. The predicted octanol–water partition coefficient (Wildman–Crippen LogP) is 2.53. The number of benzene rings is 1. The largest absolute Gasteiger partial charge is 0.496 e. The average Bonchev–Trinajstić information content (AvgIpc) is 2.57. The van der Waals surface area contributed by atoms with Gasteiger partial charge < -0.3 is 10.1 Å². The molecule has 0 unspecified atom stereocenters. The first kappa shape index (κ1) is 11.7. The van der Waals surface area contributed by atoms with Crippen LogP contribution in [0.5, 0.6) is 5.75 Å². The fraction of sp³-hybridized carbons (Fsp3) is 0.538. The smallest absolute Gasteiger partial charge is 0.129 e. The summed E-state index contributed by atoms with van der Waals surface area (Å²) < 4.78 is 5.42. The van der Waals surface area contributed by atoms with Gasteiger partial charge in [-0.25, -0.2) is 0 Å². The minimum atomic E-state index is 0.537. The van der Waals surface area contributed by atoms with E-state index in [-0.39, 0.29) is 0 Å². The molecule has 1 saturated heterocycles. The van der Waals surface area contributed by atoms with Crippen LogP contribution < -0.4 is 10.1 Å². The van der Waals surface area contributed by atoms with E-state index in [1.807, 2.05) is 12.1 Å². The maximum atomic E-state index is 5.98. The SMILES string of the molecule is COc1cc(Cl)ccc1[C@H]1CCCCC[NH2+]1. The summed E-state index contributed by atoms with van der Waals surface area (Å²) in [5, 5.41) is 3.17. The van der Waals surface area contributed by atoms with Crippen molar-refractivity contribution in [2.75, 3.05) is 13.7 Å². The highest BCUT2D eigenvalue weighted by molar-refractivity contribution is 6.30. The third-order valence-electron chi connectivity index (χ3n) is 3.27. The zero-order valence-electron chi connectivity index (χ0n) is 9.71. The Balaban J connectivity index is 2.23. The van der Waals surface area contributed by atoms with Gasteiger partial charge in [0, 0.05) is 11.4 Å². The Labute approximate surface area is 102 Å². The molecule has 3 heteroatoms. The molecule has 16 heavy (non-hydrogen) atoms. The lowest BCUT2D eigenvalue weighted by atomic mass is 10.0. The van der Waals surface area contributed by atoms with Crippen molar-refractivity contribution in [3.8, 4) is 5.75 Å². The van der Waals surface area contributed by atoms with Crippen molar-refractivity contribution in [2.45, 2.75) is 31.7 Å². The van der Waals surface area contributed by atoms with Crippen LogP contribution >= 0.6 is 11.6 Å². The molecule has 1 aliphatic rings. The summed E-state index contributed by atoms with van der Waals surface area (Å²) in [5.74, 6) is 0.927. The number of hydrogen-bond donors (Lipinski definition) is 1. The van der Waals surface area contributed by atoms with Crippen LogP contribution in [0.3, 0.4) is 0 Å². The molecule has 0 radical (unpaired) electrons. The van der Waals surface area contributed by atoms with Gasteiger partial charge in [-0.05, 0) is 37.5 Å². The van der Waals surface area contributed by atoms with Crippen LogP contribution in [0.4, 0.5) is 0 Å². The molecule has 0 bridgehead atoms. The summed E-state index contributed by atoms with van der Waals surface area (Å²) in [6.07, 6.45) is 5.22. The van der Waals surface area contributed by atoms with Crippen LogP contribution in [0, 0.1) is 0 Å². The fourth-order valence-corrected chi connectivity index (χ4v) is 2.56. The van der Waals surface area contributed by atoms with Crippen molar-refractivity contribution in [2.24, 2.45) is 0 Å². The maximum absolute atomic E-state index is 5.98. The lowest BCUT2D eigenvalue weighted by molar-refractivity contribution is -0.694. The first-order valence-corrected chi connectivity index (χ1v) is 6.36. The Bertz CT molecular complexity index is 346. The van der Waals surface area contributed by atoms with Gasteiger partial charge in [0.05, 0.1) is 19.2 Å². The van der Waals surface area contributed by atoms with E-state index in [1.165, 1.54) is 37.8 Å². The number of hydrogen-bond acceptors (Lipinski definition) is 1. The molecule has 2 rings (SSSR count). The van der Waals surface area contributed by atoms with E-state index in [0.717, 1.165) is 10.8 Å². The molecule has 1 aliphatic heterocycles. The quantitative estimate of drug-likeness (QED) is 0.845. The summed E-state index contributed by atoms with van der Waals surface area (Å²) in [7, 11) is 1.71. The van der Waals surface area contributed by atoms with E-state index < -0.39 is 0 Å². The molecule has 1 atom stereocenters. The molecule has 1 heterocycles. The minimum Gasteiger partial charge on any atom is -0.496 e. The van der Waals surface area contributed by atoms with Crippen molar-refractivity contribution in [1.82, 2.24) is 0 Å². The van der Waals surface area contributed by atoms with Crippen LogP contribution in [-0.2, 0) is 0 Å². The summed E-state index contributed by atoms with van der Waals surface area (Å²) in [6, 6.07) is 6.51. The molecule has 0 aliphatic carbocycles. The van der Waals surface area contributed by atoms with Crippen molar-refractivity contribution in [3.63, 3.8) is 0 Å². The highest BCUT2D eigenvalue weighted by atomic mass is 35.5. The number of nitrogens with two attached hydrogens (primary N) is 1. The van der Waals surface area contributed by atoms with E-state index in [0.29, 0.717) is 6.04 Å². The summed E-state index contributed by atoms with van der Waals surface area (Å²) in [5.41, 5.74) is 1.29. The number of ether oxygens (including phenoxy) is 1. The predicted molar refractivity (Wildman–Crippen MR) is 66.0 cm³/mol. The van der Waals surface area contributed by atoms with Gasteiger partial charge in [0.25, 0.3) is 0 Å². The van der Waals surface area contributed by atoms with Gasteiger partial charge in [-0.1, -0.05) is 11.6 Å². The van der Waals surface area contributed by atoms with Gasteiger partial charge in [0.15, 0.2) is 0 Å². The van der Waals surface area contributed by atoms with Crippen molar-refractivity contribution in [3.05, 3.63) is 28.8 Å². The second-order valence-corrected chi connectivity index (χ2v) is 4.80. The first-order valence-electron chi connectivity index (χ1n) is 5.98. The van der Waals surface area contributed by atoms with E-state index in [4.69, 9.17) is 16.3 Å². The summed E-state index contributed by atoms with van der Waals surface area (Å²) >= 11 is 5.98. The Morgan fingerprint density at radius 1 is 1.31 bits per heavy atom. The Hall–Kier alpha value is -0.730. The van der Waals surface area contributed by atoms with Crippen LogP contribution in [-0.4, -0.2) is 13.7 Å². The third-order valence-corrected chi connectivity index (χ3v) is 3.50. The lowest BCUT2D eigenvalue weighted by Gasteiger charge is -2.16. The highest BCUT2D eigenvalue weighted by Gasteiger charge is 2.20. The van der Waals surface area contributed by atoms with E-state index in [2.05, 4.69) is 11.4 Å². The molecule has 0 amide bonds. The van der Waals surface area contributed by atoms with Crippen LogP contribution in [0.1, 0.15) is 37.3 Å².